The second-order valence-corrected chi connectivity index (χ2v) is 13.3. The second-order valence-electron chi connectivity index (χ2n) is 9.51. The van der Waals surface area contributed by atoms with Crippen molar-refractivity contribution in [1.82, 2.24) is 0 Å². The van der Waals surface area contributed by atoms with Crippen molar-refractivity contribution in [2.24, 2.45) is 0 Å². The molecule has 6 nitrogen and oxygen atoms in total. The standard InChI is InChI=1S/C20H29O3P.C12H11O3P/c1-2-3-4-5-6-8-13-18-14-11-12-17-20(18)24(21,22,23)19-15-9-7-10-16-19;13-16(14-11-7-3-1-4-8-11)15-12-9-5-2-6-10-12/h7,9-12,14-17,21-23H,2-6,8,13H2,1H3;1-10,13H. The summed E-state index contributed by atoms with van der Waals surface area (Å²) in [6.07, 6.45) is 7.81. The summed E-state index contributed by atoms with van der Waals surface area (Å²) in [4.78, 5) is 42.0. The maximum Gasteiger partial charge on any atom is 0.460 e. The van der Waals surface area contributed by atoms with E-state index in [0.29, 0.717) is 11.5 Å². The van der Waals surface area contributed by atoms with Crippen LogP contribution in [0.5, 0.6) is 11.5 Å². The van der Waals surface area contributed by atoms with E-state index in [1.54, 1.807) is 66.7 Å². The molecule has 0 atom stereocenters. The fourth-order valence-electron chi connectivity index (χ4n) is 4.22. The van der Waals surface area contributed by atoms with Gasteiger partial charge in [0, 0.05) is 0 Å². The first-order valence-corrected chi connectivity index (χ1v) is 16.9. The topological polar surface area (TPSA) is 99.4 Å². The molecule has 0 aliphatic heterocycles. The molecular formula is C32H40O6P2. The predicted molar refractivity (Wildman–Crippen MR) is 166 cm³/mol. The fraction of sp³-hybridized carbons (Fsp3) is 0.250. The van der Waals surface area contributed by atoms with E-state index < -0.39 is 15.9 Å². The van der Waals surface area contributed by atoms with E-state index in [2.05, 4.69) is 6.92 Å². The van der Waals surface area contributed by atoms with Gasteiger partial charge in [-0.3, -0.25) is 0 Å². The molecule has 0 saturated heterocycles. The molecule has 4 rings (SSSR count). The van der Waals surface area contributed by atoms with Gasteiger partial charge in [0.1, 0.15) is 11.5 Å². The van der Waals surface area contributed by atoms with Gasteiger partial charge in [0.25, 0.3) is 0 Å². The third kappa shape index (κ3) is 9.98. The van der Waals surface area contributed by atoms with Gasteiger partial charge >= 0.3 is 153 Å². The Balaban J connectivity index is 0.000000238. The average Bonchev–Trinajstić information content (AvgIpc) is 2.97. The normalized spacial score (nSPS) is 12.1. The third-order valence-electron chi connectivity index (χ3n) is 6.32. The molecule has 0 aliphatic carbocycles. The fourth-order valence-corrected chi connectivity index (χ4v) is 6.94. The Morgan fingerprint density at radius 3 is 1.57 bits per heavy atom. The van der Waals surface area contributed by atoms with Gasteiger partial charge in [-0.05, 0) is 24.3 Å². The van der Waals surface area contributed by atoms with Gasteiger partial charge in [0.15, 0.2) is 0 Å². The van der Waals surface area contributed by atoms with Crippen molar-refractivity contribution in [1.29, 1.82) is 0 Å². The van der Waals surface area contributed by atoms with Crippen LogP contribution in [0.15, 0.2) is 115 Å². The van der Waals surface area contributed by atoms with E-state index in [1.807, 2.05) is 48.5 Å². The van der Waals surface area contributed by atoms with Gasteiger partial charge in [0.2, 0.25) is 0 Å². The number of rotatable bonds is 13. The Kier molecular flexibility index (Phi) is 12.5. The van der Waals surface area contributed by atoms with Crippen LogP contribution in [-0.4, -0.2) is 19.6 Å². The van der Waals surface area contributed by atoms with Gasteiger partial charge in [-0.15, -0.1) is 0 Å². The van der Waals surface area contributed by atoms with Crippen LogP contribution in [0.1, 0.15) is 51.0 Å². The summed E-state index contributed by atoms with van der Waals surface area (Å²) < 4.78 is 10.4. The minimum absolute atomic E-state index is 0.180. The number of hydrogen-bond acceptors (Lipinski definition) is 6. The molecule has 0 aliphatic rings. The zero-order chi connectivity index (χ0) is 28.7. The molecule has 0 spiro atoms. The maximum atomic E-state index is 10.8. The molecule has 4 aromatic carbocycles. The van der Waals surface area contributed by atoms with Gasteiger partial charge in [-0.25, -0.2) is 0 Å². The van der Waals surface area contributed by atoms with Crippen molar-refractivity contribution < 1.29 is 28.6 Å². The summed E-state index contributed by atoms with van der Waals surface area (Å²) >= 11 is 0. The molecule has 0 radical (unpaired) electrons. The molecule has 4 N–H and O–H groups in total. The molecule has 0 fully saturated rings. The summed E-state index contributed by atoms with van der Waals surface area (Å²) in [5.74, 6) is 1.18. The van der Waals surface area contributed by atoms with E-state index in [4.69, 9.17) is 9.05 Å². The van der Waals surface area contributed by atoms with E-state index in [0.717, 1.165) is 24.8 Å². The third-order valence-corrected chi connectivity index (χ3v) is 9.63. The summed E-state index contributed by atoms with van der Waals surface area (Å²) in [6, 6.07) is 33.6. The van der Waals surface area contributed by atoms with Crippen molar-refractivity contribution in [2.75, 3.05) is 0 Å². The first-order valence-electron chi connectivity index (χ1n) is 13.6. The zero-order valence-electron chi connectivity index (χ0n) is 22.9. The molecule has 0 saturated carbocycles. The first kappa shape index (κ1) is 31.7. The summed E-state index contributed by atoms with van der Waals surface area (Å²) in [6.45, 7) is 2.20. The Hall–Kier alpha value is -2.82. The zero-order valence-corrected chi connectivity index (χ0v) is 24.7. The van der Waals surface area contributed by atoms with Crippen LogP contribution in [0, 0.1) is 0 Å². The van der Waals surface area contributed by atoms with Crippen LogP contribution < -0.4 is 19.7 Å². The van der Waals surface area contributed by atoms with Gasteiger partial charge in [-0.1, -0.05) is 36.4 Å². The van der Waals surface area contributed by atoms with Crippen molar-refractivity contribution in [3.8, 4) is 11.5 Å². The summed E-state index contributed by atoms with van der Waals surface area (Å²) in [5.41, 5.74) is 0.821. The molecule has 0 amide bonds. The van der Waals surface area contributed by atoms with Crippen molar-refractivity contribution in [3.63, 3.8) is 0 Å². The molecule has 0 heterocycles. The van der Waals surface area contributed by atoms with Crippen molar-refractivity contribution in [3.05, 3.63) is 121 Å². The van der Waals surface area contributed by atoms with Crippen LogP contribution in [0.25, 0.3) is 0 Å². The molecule has 4 aromatic rings. The second kappa shape index (κ2) is 15.8. The van der Waals surface area contributed by atoms with Crippen molar-refractivity contribution >= 4 is 26.5 Å². The molecular weight excluding hydrogens is 542 g/mol. The van der Waals surface area contributed by atoms with Crippen LogP contribution in [0.3, 0.4) is 0 Å². The van der Waals surface area contributed by atoms with Crippen molar-refractivity contribution in [2.45, 2.75) is 51.9 Å². The first-order chi connectivity index (χ1) is 19.3. The Labute approximate surface area is 239 Å². The largest absolute Gasteiger partial charge is 0.460 e. The average molecular weight is 583 g/mol. The quantitative estimate of drug-likeness (QED) is 0.0985. The van der Waals surface area contributed by atoms with Crippen LogP contribution in [-0.2, 0) is 6.42 Å². The monoisotopic (exact) mass is 582 g/mol. The molecule has 8 heteroatoms. The van der Waals surface area contributed by atoms with Gasteiger partial charge in [-0.2, -0.15) is 0 Å². The Morgan fingerprint density at radius 1 is 0.575 bits per heavy atom. The summed E-state index contributed by atoms with van der Waals surface area (Å²) in [7, 11) is -7.00. The predicted octanol–water partition coefficient (Wildman–Crippen LogP) is 7.18. The van der Waals surface area contributed by atoms with E-state index in [-0.39, 0.29) is 10.6 Å². The SMILES string of the molecule is CCCCCCCCc1ccccc1P(O)(O)(O)c1ccccc1.OP(Oc1ccccc1)Oc1ccccc1. The van der Waals surface area contributed by atoms with E-state index >= 15 is 0 Å². The molecule has 214 valence electrons. The number of aryl methyl sites for hydroxylation is 1. The Morgan fingerprint density at radius 2 is 1.02 bits per heavy atom. The number of hydrogen-bond donors (Lipinski definition) is 4. The van der Waals surface area contributed by atoms with E-state index in [1.165, 1.54) is 25.7 Å². The number of benzene rings is 4. The minimum atomic E-state index is -5.07. The van der Waals surface area contributed by atoms with Crippen LogP contribution >= 0.6 is 15.9 Å². The van der Waals surface area contributed by atoms with Gasteiger partial charge in [0.05, 0.1) is 0 Å². The number of unbranched alkanes of at least 4 members (excludes halogenated alkanes) is 5. The molecule has 40 heavy (non-hydrogen) atoms. The smallest absolute Gasteiger partial charge is 0.418 e. The molecule has 0 bridgehead atoms. The minimum Gasteiger partial charge on any atom is -0.418 e. The Bertz CT molecular complexity index is 1210. The van der Waals surface area contributed by atoms with E-state index in [9.17, 15) is 19.6 Å². The molecule has 0 aromatic heterocycles. The number of para-hydroxylation sites is 2. The molecule has 0 unspecified atom stereocenters. The van der Waals surface area contributed by atoms with Gasteiger partial charge < -0.3 is 13.9 Å². The van der Waals surface area contributed by atoms with Crippen LogP contribution in [0.4, 0.5) is 0 Å². The van der Waals surface area contributed by atoms with Crippen LogP contribution in [0.2, 0.25) is 0 Å². The summed E-state index contributed by atoms with van der Waals surface area (Å²) in [5, 5.41) is 0.446. The maximum absolute atomic E-state index is 10.8.